The number of thioether (sulfide) groups is 1. The van der Waals surface area contributed by atoms with Gasteiger partial charge < -0.3 is 9.88 Å². The van der Waals surface area contributed by atoms with Gasteiger partial charge in [0.25, 0.3) is 0 Å². The second kappa shape index (κ2) is 8.27. The highest BCUT2D eigenvalue weighted by Crippen LogP contribution is 2.30. The van der Waals surface area contributed by atoms with E-state index < -0.39 is 28.5 Å². The molecule has 142 valence electrons. The van der Waals surface area contributed by atoms with E-state index in [-0.39, 0.29) is 0 Å². The van der Waals surface area contributed by atoms with Crippen molar-refractivity contribution in [1.29, 1.82) is 0 Å². The molecular formula is C19H18ClF2N3OS. The summed E-state index contributed by atoms with van der Waals surface area (Å²) in [4.78, 5) is 17.0. The highest BCUT2D eigenvalue weighted by molar-refractivity contribution is 8.00. The van der Waals surface area contributed by atoms with E-state index >= 15 is 0 Å². The molecule has 1 atom stereocenters. The van der Waals surface area contributed by atoms with Crippen molar-refractivity contribution < 1.29 is 13.6 Å². The maximum absolute atomic E-state index is 13.8. The second-order valence-corrected chi connectivity index (χ2v) is 7.77. The quantitative estimate of drug-likeness (QED) is 0.547. The number of nitrogens with one attached hydrogen (secondary N) is 1. The van der Waals surface area contributed by atoms with Crippen LogP contribution >= 0.6 is 23.4 Å². The molecule has 3 rings (SSSR count). The predicted octanol–water partition coefficient (Wildman–Crippen LogP) is 5.50. The number of hydrogen-bond donors (Lipinski definition) is 1. The highest BCUT2D eigenvalue weighted by atomic mass is 35.5. The van der Waals surface area contributed by atoms with Gasteiger partial charge in [-0.05, 0) is 43.7 Å². The fourth-order valence-electron chi connectivity index (χ4n) is 2.66. The first-order chi connectivity index (χ1) is 12.9. The largest absolute Gasteiger partial charge is 0.320 e. The first-order valence-corrected chi connectivity index (χ1v) is 9.73. The molecule has 0 spiro atoms. The second-order valence-electron chi connectivity index (χ2n) is 6.03. The average molecular weight is 410 g/mol. The fraction of sp³-hybridized carbons (Fsp3) is 0.263. The van der Waals surface area contributed by atoms with Crippen LogP contribution in [0.4, 0.5) is 14.5 Å². The van der Waals surface area contributed by atoms with Crippen molar-refractivity contribution in [2.45, 2.75) is 37.2 Å². The number of rotatable bonds is 6. The molecule has 1 aromatic heterocycles. The number of carbonyl (C=O) groups is 1. The molecule has 0 saturated carbocycles. The first-order valence-electron chi connectivity index (χ1n) is 8.48. The monoisotopic (exact) mass is 409 g/mol. The van der Waals surface area contributed by atoms with Crippen LogP contribution in [0.25, 0.3) is 11.0 Å². The van der Waals surface area contributed by atoms with E-state index in [1.54, 1.807) is 19.1 Å². The summed E-state index contributed by atoms with van der Waals surface area (Å²) < 4.78 is 29.5. The molecule has 8 heteroatoms. The van der Waals surface area contributed by atoms with Gasteiger partial charge in [-0.25, -0.2) is 13.8 Å². The van der Waals surface area contributed by atoms with Gasteiger partial charge in [-0.3, -0.25) is 4.79 Å². The fourth-order valence-corrected chi connectivity index (χ4v) is 3.78. The molecule has 0 aliphatic heterocycles. The van der Waals surface area contributed by atoms with Crippen LogP contribution in [0.1, 0.15) is 20.3 Å². The Labute approximate surface area is 164 Å². The maximum atomic E-state index is 13.8. The number of hydrogen-bond acceptors (Lipinski definition) is 3. The van der Waals surface area contributed by atoms with Gasteiger partial charge in [-0.2, -0.15) is 0 Å². The molecule has 2 aromatic carbocycles. The molecule has 0 aliphatic carbocycles. The molecular weight excluding hydrogens is 392 g/mol. The van der Waals surface area contributed by atoms with E-state index in [4.69, 9.17) is 11.6 Å². The van der Waals surface area contributed by atoms with E-state index in [2.05, 4.69) is 10.3 Å². The summed E-state index contributed by atoms with van der Waals surface area (Å²) in [5, 5.41) is 2.96. The number of nitrogens with zero attached hydrogens (tertiary/aromatic N) is 2. The van der Waals surface area contributed by atoms with Crippen LogP contribution in [-0.2, 0) is 11.3 Å². The SMILES string of the molecule is CCCn1c(S[C@@H](C)C(=O)Nc2c(F)cccc2F)nc2cc(Cl)ccc21. The standard InChI is InChI=1S/C19H18ClF2N3OS/c1-3-9-25-16-8-7-12(20)10-15(16)23-19(25)27-11(2)18(26)24-17-13(21)5-4-6-14(17)22/h4-8,10-11H,3,9H2,1-2H3,(H,24,26)/t11-/m0/s1. The van der Waals surface area contributed by atoms with Crippen LogP contribution in [0.2, 0.25) is 5.02 Å². The van der Waals surface area contributed by atoms with Crippen LogP contribution in [0.5, 0.6) is 0 Å². The third-order valence-corrected chi connectivity index (χ3v) is 5.31. The average Bonchev–Trinajstić information content (AvgIpc) is 2.94. The molecule has 0 fully saturated rings. The third kappa shape index (κ3) is 4.25. The Morgan fingerprint density at radius 2 is 2.00 bits per heavy atom. The van der Waals surface area contributed by atoms with Gasteiger partial charge in [0.05, 0.1) is 16.3 Å². The van der Waals surface area contributed by atoms with Gasteiger partial charge in [-0.15, -0.1) is 0 Å². The third-order valence-electron chi connectivity index (χ3n) is 3.98. The molecule has 3 aromatic rings. The Hall–Kier alpha value is -2.12. The van der Waals surface area contributed by atoms with Gasteiger partial charge in [0.1, 0.15) is 17.3 Å². The number of halogens is 3. The molecule has 0 bridgehead atoms. The van der Waals surface area contributed by atoms with Gasteiger partial charge in [0.15, 0.2) is 5.16 Å². The minimum atomic E-state index is -0.812. The van der Waals surface area contributed by atoms with E-state index in [1.807, 2.05) is 17.6 Å². The van der Waals surface area contributed by atoms with Crippen molar-refractivity contribution in [2.24, 2.45) is 0 Å². The van der Waals surface area contributed by atoms with E-state index in [9.17, 15) is 13.6 Å². The molecule has 27 heavy (non-hydrogen) atoms. The summed E-state index contributed by atoms with van der Waals surface area (Å²) in [6.07, 6.45) is 0.892. The summed E-state index contributed by atoms with van der Waals surface area (Å²) in [5.74, 6) is -2.13. The Bertz CT molecular complexity index is 972. The lowest BCUT2D eigenvalue weighted by Gasteiger charge is -2.14. The lowest BCUT2D eigenvalue weighted by atomic mass is 10.3. The number of anilines is 1. The highest BCUT2D eigenvalue weighted by Gasteiger charge is 2.21. The Balaban J connectivity index is 1.83. The number of benzene rings is 2. The van der Waals surface area contributed by atoms with Crippen molar-refractivity contribution >= 4 is 46.0 Å². The van der Waals surface area contributed by atoms with Crippen molar-refractivity contribution in [3.05, 3.63) is 53.1 Å². The number of imidazole rings is 1. The van der Waals surface area contributed by atoms with Gasteiger partial charge >= 0.3 is 0 Å². The molecule has 0 saturated heterocycles. The van der Waals surface area contributed by atoms with Crippen LogP contribution < -0.4 is 5.32 Å². The summed E-state index contributed by atoms with van der Waals surface area (Å²) in [6, 6.07) is 8.90. The molecule has 1 amide bonds. The Kier molecular flexibility index (Phi) is 6.01. The smallest absolute Gasteiger partial charge is 0.237 e. The zero-order chi connectivity index (χ0) is 19.6. The van der Waals surface area contributed by atoms with Gasteiger partial charge in [0, 0.05) is 11.6 Å². The Morgan fingerprint density at radius 1 is 1.30 bits per heavy atom. The molecule has 0 aliphatic rings. The summed E-state index contributed by atoms with van der Waals surface area (Å²) in [5.41, 5.74) is 1.23. The number of fused-ring (bicyclic) bond motifs is 1. The zero-order valence-electron chi connectivity index (χ0n) is 14.8. The lowest BCUT2D eigenvalue weighted by molar-refractivity contribution is -0.115. The van der Waals surface area contributed by atoms with Crippen molar-refractivity contribution in [3.8, 4) is 0 Å². The molecule has 4 nitrogen and oxygen atoms in total. The lowest BCUT2D eigenvalue weighted by Crippen LogP contribution is -2.24. The number of carbonyl (C=O) groups excluding carboxylic acids is 1. The summed E-state index contributed by atoms with van der Waals surface area (Å²) in [7, 11) is 0. The number of aryl methyl sites for hydroxylation is 1. The number of para-hydroxylation sites is 1. The summed E-state index contributed by atoms with van der Waals surface area (Å²) in [6.45, 7) is 4.45. The van der Waals surface area contributed by atoms with Crippen LogP contribution in [0.3, 0.4) is 0 Å². The van der Waals surface area contributed by atoms with Gasteiger partial charge in [0.2, 0.25) is 5.91 Å². The first kappa shape index (κ1) is 19.6. The van der Waals surface area contributed by atoms with E-state index in [1.165, 1.54) is 17.8 Å². The van der Waals surface area contributed by atoms with Crippen LogP contribution in [0.15, 0.2) is 41.6 Å². The Morgan fingerprint density at radius 3 is 2.67 bits per heavy atom. The topological polar surface area (TPSA) is 46.9 Å². The number of amides is 1. The van der Waals surface area contributed by atoms with E-state index in [0.29, 0.717) is 10.2 Å². The maximum Gasteiger partial charge on any atom is 0.237 e. The molecule has 0 radical (unpaired) electrons. The van der Waals surface area contributed by atoms with Crippen LogP contribution in [-0.4, -0.2) is 20.7 Å². The van der Waals surface area contributed by atoms with Crippen molar-refractivity contribution in [1.82, 2.24) is 9.55 Å². The molecule has 0 unspecified atom stereocenters. The molecule has 1 N–H and O–H groups in total. The van der Waals surface area contributed by atoms with E-state index in [0.717, 1.165) is 36.1 Å². The van der Waals surface area contributed by atoms with Crippen LogP contribution in [0, 0.1) is 11.6 Å². The predicted molar refractivity (Wildman–Crippen MR) is 105 cm³/mol. The molecule has 1 heterocycles. The number of aromatic nitrogens is 2. The summed E-state index contributed by atoms with van der Waals surface area (Å²) >= 11 is 7.27. The van der Waals surface area contributed by atoms with Crippen molar-refractivity contribution in [3.63, 3.8) is 0 Å². The normalized spacial score (nSPS) is 12.3. The van der Waals surface area contributed by atoms with Crippen molar-refractivity contribution in [2.75, 3.05) is 5.32 Å². The van der Waals surface area contributed by atoms with Gasteiger partial charge in [-0.1, -0.05) is 36.4 Å². The minimum Gasteiger partial charge on any atom is -0.320 e. The zero-order valence-corrected chi connectivity index (χ0v) is 16.4. The minimum absolute atomic E-state index is 0.441.